The Kier molecular flexibility index (Phi) is 8.71. The van der Waals surface area contributed by atoms with E-state index in [1.54, 1.807) is 0 Å². The van der Waals surface area contributed by atoms with Crippen molar-refractivity contribution in [3.8, 4) is 11.1 Å². The Morgan fingerprint density at radius 3 is 2.29 bits per heavy atom. The van der Waals surface area contributed by atoms with Crippen LogP contribution >= 0.6 is 0 Å². The molecule has 0 spiro atoms. The first-order chi connectivity index (χ1) is 27.1. The summed E-state index contributed by atoms with van der Waals surface area (Å²) in [4.78, 5) is 0. The van der Waals surface area contributed by atoms with Crippen LogP contribution in [-0.4, -0.2) is 0 Å². The van der Waals surface area contributed by atoms with Crippen molar-refractivity contribution in [2.24, 2.45) is 0 Å². The Hall–Kier alpha value is -5.72. The summed E-state index contributed by atoms with van der Waals surface area (Å²) in [7, 11) is 0. The van der Waals surface area contributed by atoms with Crippen LogP contribution in [0.25, 0.3) is 61.2 Å². The third-order valence-corrected chi connectivity index (χ3v) is 12.5. The van der Waals surface area contributed by atoms with Gasteiger partial charge in [-0.1, -0.05) is 153 Å². The van der Waals surface area contributed by atoms with Crippen molar-refractivity contribution in [1.29, 1.82) is 0 Å². The summed E-state index contributed by atoms with van der Waals surface area (Å²) >= 11 is 0. The normalized spacial score (nSPS) is 15.1. The van der Waals surface area contributed by atoms with Gasteiger partial charge < -0.3 is 0 Å². The maximum Gasteiger partial charge on any atom is 0.0136 e. The SMILES string of the molecule is CCCc1cc(C2=CCCC=C2)cc2c3ccccc3c3cc(-c4cccc(CC(c5ccc6c(c5)C=CC6)c5cccc6c5C=CCC6)c4)cc(C)c3c12. The van der Waals surface area contributed by atoms with Crippen LogP contribution in [-0.2, 0) is 25.7 Å². The van der Waals surface area contributed by atoms with Gasteiger partial charge in [-0.05, 0) is 169 Å². The lowest BCUT2D eigenvalue weighted by molar-refractivity contribution is 0.797. The molecule has 0 saturated heterocycles. The van der Waals surface area contributed by atoms with Crippen LogP contribution in [0.4, 0.5) is 0 Å². The second-order valence-electron chi connectivity index (χ2n) is 16.1. The van der Waals surface area contributed by atoms with Crippen LogP contribution in [0.15, 0.2) is 140 Å². The van der Waals surface area contributed by atoms with Gasteiger partial charge in [0.25, 0.3) is 0 Å². The maximum absolute atomic E-state index is 2.49. The summed E-state index contributed by atoms with van der Waals surface area (Å²) in [5, 5.41) is 8.27. The highest BCUT2D eigenvalue weighted by Gasteiger charge is 2.23. The zero-order valence-electron chi connectivity index (χ0n) is 32.2. The van der Waals surface area contributed by atoms with E-state index in [4.69, 9.17) is 0 Å². The van der Waals surface area contributed by atoms with E-state index in [-0.39, 0.29) is 5.92 Å². The molecule has 0 heteroatoms. The van der Waals surface area contributed by atoms with E-state index in [1.165, 1.54) is 105 Å². The van der Waals surface area contributed by atoms with E-state index in [2.05, 4.69) is 166 Å². The van der Waals surface area contributed by atoms with Crippen molar-refractivity contribution in [3.05, 3.63) is 195 Å². The maximum atomic E-state index is 2.49. The third-order valence-electron chi connectivity index (χ3n) is 12.5. The van der Waals surface area contributed by atoms with E-state index in [1.807, 2.05) is 0 Å². The second kappa shape index (κ2) is 14.2. The fraction of sp³-hybridized carbons (Fsp3) is 0.200. The molecule has 0 saturated carbocycles. The van der Waals surface area contributed by atoms with E-state index < -0.39 is 0 Å². The Balaban J connectivity index is 1.11. The van der Waals surface area contributed by atoms with Crippen LogP contribution in [0.3, 0.4) is 0 Å². The molecular weight excluding hydrogens is 661 g/mol. The predicted octanol–water partition coefficient (Wildman–Crippen LogP) is 14.7. The highest BCUT2D eigenvalue weighted by atomic mass is 14.3. The van der Waals surface area contributed by atoms with Crippen LogP contribution < -0.4 is 0 Å². The molecule has 0 radical (unpaired) electrons. The smallest absolute Gasteiger partial charge is 0.0136 e. The molecule has 0 heterocycles. The van der Waals surface area contributed by atoms with Gasteiger partial charge in [0.1, 0.15) is 0 Å². The fourth-order valence-corrected chi connectivity index (χ4v) is 9.92. The number of hydrogen-bond donors (Lipinski definition) is 0. The van der Waals surface area contributed by atoms with Crippen LogP contribution in [0.5, 0.6) is 0 Å². The second-order valence-corrected chi connectivity index (χ2v) is 16.1. The molecule has 1 atom stereocenters. The lowest BCUT2D eigenvalue weighted by Crippen LogP contribution is -2.10. The Labute approximate surface area is 326 Å². The summed E-state index contributed by atoms with van der Waals surface area (Å²) in [6.45, 7) is 4.65. The predicted molar refractivity (Wildman–Crippen MR) is 238 cm³/mol. The average Bonchev–Trinajstić information content (AvgIpc) is 3.71. The Morgan fingerprint density at radius 2 is 1.44 bits per heavy atom. The van der Waals surface area contributed by atoms with Gasteiger partial charge in [-0.2, -0.15) is 0 Å². The van der Waals surface area contributed by atoms with Crippen molar-refractivity contribution < 1.29 is 0 Å². The molecule has 0 nitrogen and oxygen atoms in total. The monoisotopic (exact) mass is 708 g/mol. The quantitative estimate of drug-likeness (QED) is 0.138. The van der Waals surface area contributed by atoms with Crippen molar-refractivity contribution in [1.82, 2.24) is 0 Å². The number of rotatable bonds is 8. The molecule has 1 unspecified atom stereocenters. The molecular formula is C55H48. The first kappa shape index (κ1) is 33.8. The van der Waals surface area contributed by atoms with Gasteiger partial charge in [0.15, 0.2) is 0 Å². The van der Waals surface area contributed by atoms with Gasteiger partial charge in [-0.15, -0.1) is 0 Å². The fourth-order valence-electron chi connectivity index (χ4n) is 9.92. The summed E-state index contributed by atoms with van der Waals surface area (Å²) in [6.07, 6.45) is 25.1. The molecule has 7 aromatic rings. The molecule has 3 aliphatic rings. The average molecular weight is 709 g/mol. The van der Waals surface area contributed by atoms with E-state index in [9.17, 15) is 0 Å². The van der Waals surface area contributed by atoms with Crippen LogP contribution in [0, 0.1) is 6.92 Å². The zero-order valence-corrected chi connectivity index (χ0v) is 32.2. The molecule has 55 heavy (non-hydrogen) atoms. The molecule has 0 bridgehead atoms. The largest absolute Gasteiger partial charge is 0.0836 e. The van der Waals surface area contributed by atoms with E-state index >= 15 is 0 Å². The van der Waals surface area contributed by atoms with Gasteiger partial charge in [-0.3, -0.25) is 0 Å². The lowest BCUT2D eigenvalue weighted by atomic mass is 9.79. The Bertz CT molecular complexity index is 2780. The number of benzene rings is 7. The topological polar surface area (TPSA) is 0 Å². The molecule has 0 amide bonds. The minimum atomic E-state index is 0.266. The van der Waals surface area contributed by atoms with Crippen molar-refractivity contribution in [2.45, 2.75) is 71.1 Å². The molecule has 0 aliphatic heterocycles. The molecule has 268 valence electrons. The number of hydrogen-bond acceptors (Lipinski definition) is 0. The van der Waals surface area contributed by atoms with Gasteiger partial charge >= 0.3 is 0 Å². The summed E-state index contributed by atoms with van der Waals surface area (Å²) in [5.41, 5.74) is 18.1. The highest BCUT2D eigenvalue weighted by molar-refractivity contribution is 6.27. The van der Waals surface area contributed by atoms with E-state index in [0.29, 0.717) is 0 Å². The van der Waals surface area contributed by atoms with Crippen LogP contribution in [0.2, 0.25) is 0 Å². The zero-order chi connectivity index (χ0) is 36.9. The molecule has 0 aromatic heterocycles. The van der Waals surface area contributed by atoms with Crippen LogP contribution in [0.1, 0.15) is 94.2 Å². The molecule has 0 fully saturated rings. The van der Waals surface area contributed by atoms with Gasteiger partial charge in [0.05, 0.1) is 0 Å². The molecule has 3 aliphatic carbocycles. The lowest BCUT2D eigenvalue weighted by Gasteiger charge is -2.24. The third kappa shape index (κ3) is 6.09. The standard InChI is InChI=1S/C55H48/c1-3-14-44-33-46(38-16-5-4-6-17-38)35-53-50-25-10-9-24-49(50)52-34-45(29-36(2)54(52)55(44)53)41-21-11-15-37(30-41)31-51(43-28-27-39-19-12-22-42(39)32-43)48-26-13-20-40-18-7-8-23-47(40)48/h5,8-13,15-17,20-30,32-35,51H,3-4,6-7,14,18-19,31H2,1-2H3. The minimum absolute atomic E-state index is 0.266. The van der Waals surface area contributed by atoms with Gasteiger partial charge in [-0.25, -0.2) is 0 Å². The number of allylic oxidation sites excluding steroid dienone is 6. The van der Waals surface area contributed by atoms with Gasteiger partial charge in [0.2, 0.25) is 0 Å². The van der Waals surface area contributed by atoms with Gasteiger partial charge in [0, 0.05) is 5.92 Å². The summed E-state index contributed by atoms with van der Waals surface area (Å²) < 4.78 is 0. The summed E-state index contributed by atoms with van der Waals surface area (Å²) in [6, 6.07) is 42.6. The molecule has 0 N–H and O–H groups in total. The molecule has 7 aromatic carbocycles. The summed E-state index contributed by atoms with van der Waals surface area (Å²) in [5.74, 6) is 0.266. The van der Waals surface area contributed by atoms with Crippen molar-refractivity contribution in [3.63, 3.8) is 0 Å². The minimum Gasteiger partial charge on any atom is -0.0836 e. The highest BCUT2D eigenvalue weighted by Crippen LogP contribution is 2.43. The first-order valence-electron chi connectivity index (χ1n) is 20.6. The van der Waals surface area contributed by atoms with Crippen molar-refractivity contribution in [2.75, 3.05) is 0 Å². The first-order valence-corrected chi connectivity index (χ1v) is 20.6. The number of fused-ring (bicyclic) bond motifs is 8. The number of aryl methyl sites for hydroxylation is 3. The van der Waals surface area contributed by atoms with E-state index in [0.717, 1.165) is 51.4 Å². The molecule has 10 rings (SSSR count). The Morgan fingerprint density at radius 1 is 0.600 bits per heavy atom. The van der Waals surface area contributed by atoms with Crippen molar-refractivity contribution >= 4 is 50.0 Å².